The van der Waals surface area contributed by atoms with E-state index in [1.807, 2.05) is 65.0 Å². The highest BCUT2D eigenvalue weighted by Crippen LogP contribution is 2.42. The Morgan fingerprint density at radius 2 is 1.47 bits per heavy atom. The van der Waals surface area contributed by atoms with Crippen LogP contribution in [-0.2, 0) is 9.31 Å². The Morgan fingerprint density at radius 1 is 1.00 bits per heavy atom. The molecule has 3 nitrogen and oxygen atoms in total. The third-order valence-corrected chi connectivity index (χ3v) is 4.34. The average molecular weight is 262 g/mol. The number of aliphatic hydroxyl groups excluding tert-OH is 1. The molecule has 0 radical (unpaired) electrons. The van der Waals surface area contributed by atoms with Crippen LogP contribution < -0.4 is 0 Å². The summed E-state index contributed by atoms with van der Waals surface area (Å²) in [5, 5.41) is 10.4. The number of rotatable bonds is 3. The van der Waals surface area contributed by atoms with E-state index in [9.17, 15) is 5.11 Å². The van der Waals surface area contributed by atoms with Gasteiger partial charge < -0.3 is 14.4 Å². The van der Waals surface area contributed by atoms with Crippen molar-refractivity contribution < 1.29 is 14.4 Å². The van der Waals surface area contributed by atoms with E-state index in [1.54, 1.807) is 0 Å². The van der Waals surface area contributed by atoms with Crippen molar-refractivity contribution in [1.82, 2.24) is 0 Å². The molecule has 2 atom stereocenters. The van der Waals surface area contributed by atoms with Crippen LogP contribution in [0, 0.1) is 0 Å². The normalized spacial score (nSPS) is 24.2. The van der Waals surface area contributed by atoms with Crippen molar-refractivity contribution in [3.8, 4) is 0 Å². The Morgan fingerprint density at radius 3 is 1.95 bits per heavy atom. The Hall–Kier alpha value is -0.835. The number of hydrogen-bond acceptors (Lipinski definition) is 3. The SMILES string of the molecule is C[C@H](B1OC(C)(C)C(C)(C)O1)[C@@H](O)c1ccccc1. The highest BCUT2D eigenvalue weighted by molar-refractivity contribution is 6.47. The quantitative estimate of drug-likeness (QED) is 0.850. The van der Waals surface area contributed by atoms with Gasteiger partial charge >= 0.3 is 7.12 Å². The first-order valence-corrected chi connectivity index (χ1v) is 6.83. The molecular weight excluding hydrogens is 239 g/mol. The third-order valence-electron chi connectivity index (χ3n) is 4.34. The van der Waals surface area contributed by atoms with Crippen molar-refractivity contribution in [2.24, 2.45) is 0 Å². The molecule has 0 aliphatic carbocycles. The number of aliphatic hydroxyl groups is 1. The zero-order valence-corrected chi connectivity index (χ0v) is 12.4. The Kier molecular flexibility index (Phi) is 3.78. The number of hydrogen-bond donors (Lipinski definition) is 1. The molecule has 0 amide bonds. The van der Waals surface area contributed by atoms with Crippen LogP contribution in [0.3, 0.4) is 0 Å². The monoisotopic (exact) mass is 262 g/mol. The van der Waals surface area contributed by atoms with Gasteiger partial charge in [-0.2, -0.15) is 0 Å². The van der Waals surface area contributed by atoms with Gasteiger partial charge in [-0.1, -0.05) is 37.3 Å². The molecule has 1 aliphatic rings. The Labute approximate surface area is 116 Å². The second-order valence-electron chi connectivity index (χ2n) is 6.34. The van der Waals surface area contributed by atoms with Crippen molar-refractivity contribution in [2.75, 3.05) is 0 Å². The van der Waals surface area contributed by atoms with Crippen molar-refractivity contribution in [2.45, 2.75) is 57.7 Å². The number of benzene rings is 1. The highest BCUT2D eigenvalue weighted by atomic mass is 16.7. The van der Waals surface area contributed by atoms with Gasteiger partial charge in [-0.15, -0.1) is 0 Å². The van der Waals surface area contributed by atoms with Crippen LogP contribution in [0.25, 0.3) is 0 Å². The van der Waals surface area contributed by atoms with Gasteiger partial charge in [-0.3, -0.25) is 0 Å². The lowest BCUT2D eigenvalue weighted by Gasteiger charge is -2.32. The molecule has 1 aliphatic heterocycles. The molecule has 0 bridgehead atoms. The molecule has 1 aromatic carbocycles. The van der Waals surface area contributed by atoms with Crippen LogP contribution in [0.15, 0.2) is 30.3 Å². The molecule has 1 fully saturated rings. The van der Waals surface area contributed by atoms with E-state index in [2.05, 4.69) is 0 Å². The van der Waals surface area contributed by atoms with Crippen LogP contribution >= 0.6 is 0 Å². The predicted molar refractivity (Wildman–Crippen MR) is 76.9 cm³/mol. The Balaban J connectivity index is 2.12. The molecule has 0 aromatic heterocycles. The molecular formula is C15H23BO3. The van der Waals surface area contributed by atoms with Gasteiger partial charge in [-0.25, -0.2) is 0 Å². The lowest BCUT2D eigenvalue weighted by molar-refractivity contribution is 0.00578. The van der Waals surface area contributed by atoms with Crippen LogP contribution in [0.1, 0.15) is 46.3 Å². The summed E-state index contributed by atoms with van der Waals surface area (Å²) in [5.41, 5.74) is 0.176. The smallest absolute Gasteiger partial charge is 0.403 e. The molecule has 0 spiro atoms. The molecule has 1 aromatic rings. The third kappa shape index (κ3) is 2.71. The van der Waals surface area contributed by atoms with E-state index in [4.69, 9.17) is 9.31 Å². The fraction of sp³-hybridized carbons (Fsp3) is 0.600. The minimum atomic E-state index is -0.587. The van der Waals surface area contributed by atoms with Crippen molar-refractivity contribution >= 4 is 7.12 Å². The van der Waals surface area contributed by atoms with Crippen LogP contribution in [0.5, 0.6) is 0 Å². The molecule has 2 rings (SSSR count). The van der Waals surface area contributed by atoms with Crippen molar-refractivity contribution in [3.63, 3.8) is 0 Å². The molecule has 4 heteroatoms. The van der Waals surface area contributed by atoms with Gasteiger partial charge in [0.2, 0.25) is 0 Å². The maximum Gasteiger partial charge on any atom is 0.463 e. The van der Waals surface area contributed by atoms with E-state index in [0.29, 0.717) is 0 Å². The van der Waals surface area contributed by atoms with Gasteiger partial charge in [0.1, 0.15) is 0 Å². The summed E-state index contributed by atoms with van der Waals surface area (Å²) >= 11 is 0. The van der Waals surface area contributed by atoms with Gasteiger partial charge in [0.15, 0.2) is 0 Å². The second kappa shape index (κ2) is 4.93. The molecule has 1 heterocycles. The second-order valence-corrected chi connectivity index (χ2v) is 6.34. The maximum absolute atomic E-state index is 10.4. The molecule has 0 saturated carbocycles. The van der Waals surface area contributed by atoms with E-state index >= 15 is 0 Å². The van der Waals surface area contributed by atoms with E-state index in [-0.39, 0.29) is 24.1 Å². The van der Waals surface area contributed by atoms with Gasteiger partial charge in [-0.05, 0) is 33.3 Å². The predicted octanol–water partition coefficient (Wildman–Crippen LogP) is 3.20. The lowest BCUT2D eigenvalue weighted by atomic mass is 9.68. The van der Waals surface area contributed by atoms with E-state index < -0.39 is 6.10 Å². The minimum Gasteiger partial charge on any atom is -0.403 e. The lowest BCUT2D eigenvalue weighted by Crippen LogP contribution is -2.41. The fourth-order valence-electron chi connectivity index (χ4n) is 2.21. The topological polar surface area (TPSA) is 38.7 Å². The average Bonchev–Trinajstić information content (AvgIpc) is 2.58. The molecule has 19 heavy (non-hydrogen) atoms. The summed E-state index contributed by atoms with van der Waals surface area (Å²) in [6.45, 7) is 10.0. The summed E-state index contributed by atoms with van der Waals surface area (Å²) in [4.78, 5) is 0. The van der Waals surface area contributed by atoms with E-state index in [0.717, 1.165) is 5.56 Å². The summed E-state index contributed by atoms with van der Waals surface area (Å²) in [5.74, 6) is -0.122. The van der Waals surface area contributed by atoms with Crippen molar-refractivity contribution in [1.29, 1.82) is 0 Å². The largest absolute Gasteiger partial charge is 0.463 e. The summed E-state index contributed by atoms with van der Waals surface area (Å²) < 4.78 is 12.0. The first kappa shape index (κ1) is 14.6. The zero-order chi connectivity index (χ0) is 14.3. The van der Waals surface area contributed by atoms with Crippen LogP contribution in [0.4, 0.5) is 0 Å². The fourth-order valence-corrected chi connectivity index (χ4v) is 2.21. The minimum absolute atomic E-state index is 0.122. The van der Waals surface area contributed by atoms with E-state index in [1.165, 1.54) is 0 Å². The maximum atomic E-state index is 10.4. The van der Waals surface area contributed by atoms with Gasteiger partial charge in [0, 0.05) is 5.82 Å². The molecule has 1 N–H and O–H groups in total. The molecule has 104 valence electrons. The summed E-state index contributed by atoms with van der Waals surface area (Å²) in [6, 6.07) is 9.64. The summed E-state index contributed by atoms with van der Waals surface area (Å²) in [6.07, 6.45) is -0.587. The zero-order valence-electron chi connectivity index (χ0n) is 12.4. The summed E-state index contributed by atoms with van der Waals surface area (Å²) in [7, 11) is -0.389. The van der Waals surface area contributed by atoms with Gasteiger partial charge in [0.05, 0.1) is 17.3 Å². The Bertz CT molecular complexity index is 414. The first-order chi connectivity index (χ1) is 8.74. The molecule has 0 unspecified atom stereocenters. The van der Waals surface area contributed by atoms with Crippen LogP contribution in [0.2, 0.25) is 5.82 Å². The van der Waals surface area contributed by atoms with Crippen molar-refractivity contribution in [3.05, 3.63) is 35.9 Å². The highest BCUT2D eigenvalue weighted by Gasteiger charge is 2.53. The van der Waals surface area contributed by atoms with Gasteiger partial charge in [0.25, 0.3) is 0 Å². The standard InChI is InChI=1S/C15H23BO3/c1-11(13(17)12-9-7-6-8-10-12)16-18-14(2,3)15(4,5)19-16/h6-11,13,17H,1-5H3/t11-,13+/m0/s1. The first-order valence-electron chi connectivity index (χ1n) is 6.83. The van der Waals surface area contributed by atoms with Crippen LogP contribution in [-0.4, -0.2) is 23.4 Å². The molecule has 1 saturated heterocycles.